The molecule has 0 amide bonds. The summed E-state index contributed by atoms with van der Waals surface area (Å²) in [7, 11) is 0. The smallest absolute Gasteiger partial charge is 0.287 e. The van der Waals surface area contributed by atoms with Gasteiger partial charge in [-0.1, -0.05) is 17.7 Å². The fourth-order valence-electron chi connectivity index (χ4n) is 1.14. The molecule has 3 N–H and O–H groups in total. The van der Waals surface area contributed by atoms with Crippen LogP contribution in [0, 0.1) is 0 Å². The van der Waals surface area contributed by atoms with E-state index in [-0.39, 0.29) is 16.6 Å². The lowest BCUT2D eigenvalue weighted by atomic mass is 10.3. The highest BCUT2D eigenvalue weighted by molar-refractivity contribution is 6.32. The molecule has 1 rings (SSSR count). The zero-order valence-electron chi connectivity index (χ0n) is 9.11. The molecular formula is C10H15ClN4O. The van der Waals surface area contributed by atoms with E-state index in [1.807, 2.05) is 6.92 Å². The lowest BCUT2D eigenvalue weighted by Gasteiger charge is -2.14. The summed E-state index contributed by atoms with van der Waals surface area (Å²) in [5.41, 5.74) is 5.63. The molecule has 1 heterocycles. The summed E-state index contributed by atoms with van der Waals surface area (Å²) >= 11 is 5.92. The standard InChI is InChI=1S/C10H15ClN4O/c1-3-4-15-10(16)9(11)8(6-13-15)14-7(2)5-12/h3,6-7,14H,1,4-5,12H2,2H3. The molecule has 0 aliphatic carbocycles. The van der Waals surface area contributed by atoms with Crippen LogP contribution in [0.5, 0.6) is 0 Å². The Morgan fingerprint density at radius 1 is 1.81 bits per heavy atom. The molecule has 5 nitrogen and oxygen atoms in total. The first-order valence-corrected chi connectivity index (χ1v) is 5.31. The summed E-state index contributed by atoms with van der Waals surface area (Å²) in [4.78, 5) is 11.7. The first-order chi connectivity index (χ1) is 7.60. The molecule has 16 heavy (non-hydrogen) atoms. The minimum absolute atomic E-state index is 0.0361. The number of rotatable bonds is 5. The molecule has 0 fully saturated rings. The molecule has 88 valence electrons. The van der Waals surface area contributed by atoms with Crippen molar-refractivity contribution in [1.82, 2.24) is 9.78 Å². The molecule has 1 unspecified atom stereocenters. The molecule has 1 aromatic rings. The third-order valence-corrected chi connectivity index (χ3v) is 2.41. The first kappa shape index (κ1) is 12.7. The minimum Gasteiger partial charge on any atom is -0.379 e. The average Bonchev–Trinajstić information content (AvgIpc) is 2.28. The van der Waals surface area contributed by atoms with Gasteiger partial charge in [-0.3, -0.25) is 4.79 Å². The van der Waals surface area contributed by atoms with Crippen molar-refractivity contribution in [2.24, 2.45) is 5.73 Å². The Morgan fingerprint density at radius 3 is 3.06 bits per heavy atom. The molecule has 0 radical (unpaired) electrons. The molecule has 0 aliphatic heterocycles. The molecule has 6 heteroatoms. The summed E-state index contributed by atoms with van der Waals surface area (Å²) in [5, 5.41) is 7.10. The van der Waals surface area contributed by atoms with Crippen LogP contribution < -0.4 is 16.6 Å². The van der Waals surface area contributed by atoms with Crippen LogP contribution in [-0.4, -0.2) is 22.4 Å². The van der Waals surface area contributed by atoms with E-state index in [1.165, 1.54) is 10.9 Å². The van der Waals surface area contributed by atoms with Crippen molar-refractivity contribution in [2.45, 2.75) is 19.5 Å². The number of halogens is 1. The molecule has 0 aromatic carbocycles. The number of anilines is 1. The minimum atomic E-state index is -0.337. The van der Waals surface area contributed by atoms with Gasteiger partial charge < -0.3 is 11.1 Å². The maximum atomic E-state index is 11.7. The molecule has 0 saturated heterocycles. The van der Waals surface area contributed by atoms with E-state index in [4.69, 9.17) is 17.3 Å². The molecule has 0 spiro atoms. The van der Waals surface area contributed by atoms with Gasteiger partial charge in [0.2, 0.25) is 0 Å². The summed E-state index contributed by atoms with van der Waals surface area (Å²) in [6, 6.07) is 0.0361. The summed E-state index contributed by atoms with van der Waals surface area (Å²) < 4.78 is 1.24. The Morgan fingerprint density at radius 2 is 2.50 bits per heavy atom. The van der Waals surface area contributed by atoms with Gasteiger partial charge in [0.1, 0.15) is 5.02 Å². The molecule has 0 aliphatic rings. The predicted molar refractivity (Wildman–Crippen MR) is 65.8 cm³/mol. The lowest BCUT2D eigenvalue weighted by Crippen LogP contribution is -2.28. The van der Waals surface area contributed by atoms with Crippen molar-refractivity contribution in [1.29, 1.82) is 0 Å². The number of nitrogens with two attached hydrogens (primary N) is 1. The Kier molecular flexibility index (Phi) is 4.52. The summed E-state index contributed by atoms with van der Waals surface area (Å²) in [5.74, 6) is 0. The summed E-state index contributed by atoms with van der Waals surface area (Å²) in [6.45, 7) is 6.22. The average molecular weight is 243 g/mol. The van der Waals surface area contributed by atoms with Gasteiger partial charge in [-0.05, 0) is 6.92 Å². The highest BCUT2D eigenvalue weighted by Crippen LogP contribution is 2.15. The number of aromatic nitrogens is 2. The van der Waals surface area contributed by atoms with Crippen molar-refractivity contribution in [3.8, 4) is 0 Å². The normalized spacial score (nSPS) is 12.2. The van der Waals surface area contributed by atoms with E-state index in [0.717, 1.165) is 0 Å². The van der Waals surface area contributed by atoms with Crippen LogP contribution in [0.15, 0.2) is 23.6 Å². The van der Waals surface area contributed by atoms with Crippen LogP contribution in [-0.2, 0) is 6.54 Å². The van der Waals surface area contributed by atoms with E-state index < -0.39 is 0 Å². The SMILES string of the molecule is C=CCn1ncc(NC(C)CN)c(Cl)c1=O. The van der Waals surface area contributed by atoms with Gasteiger partial charge in [0.15, 0.2) is 0 Å². The molecule has 1 atom stereocenters. The van der Waals surface area contributed by atoms with E-state index in [1.54, 1.807) is 6.08 Å². The van der Waals surface area contributed by atoms with Crippen molar-refractivity contribution >= 4 is 17.3 Å². The number of hydrogen-bond acceptors (Lipinski definition) is 4. The van der Waals surface area contributed by atoms with Crippen LogP contribution in [0.2, 0.25) is 5.02 Å². The van der Waals surface area contributed by atoms with Crippen molar-refractivity contribution in [3.63, 3.8) is 0 Å². The topological polar surface area (TPSA) is 72.9 Å². The van der Waals surface area contributed by atoms with Gasteiger partial charge in [-0.2, -0.15) is 5.10 Å². The van der Waals surface area contributed by atoms with E-state index >= 15 is 0 Å². The van der Waals surface area contributed by atoms with Crippen LogP contribution >= 0.6 is 11.6 Å². The second kappa shape index (κ2) is 5.67. The van der Waals surface area contributed by atoms with Crippen LogP contribution in [0.4, 0.5) is 5.69 Å². The molecule has 0 bridgehead atoms. The quantitative estimate of drug-likeness (QED) is 0.751. The van der Waals surface area contributed by atoms with Crippen molar-refractivity contribution < 1.29 is 0 Å². The van der Waals surface area contributed by atoms with E-state index in [0.29, 0.717) is 18.8 Å². The summed E-state index contributed by atoms with van der Waals surface area (Å²) in [6.07, 6.45) is 3.10. The third-order valence-electron chi connectivity index (χ3n) is 2.04. The molecule has 0 saturated carbocycles. The second-order valence-electron chi connectivity index (χ2n) is 3.43. The highest BCUT2D eigenvalue weighted by atomic mass is 35.5. The third kappa shape index (κ3) is 2.84. The van der Waals surface area contributed by atoms with Crippen molar-refractivity contribution in [2.75, 3.05) is 11.9 Å². The monoisotopic (exact) mass is 242 g/mol. The number of allylic oxidation sites excluding steroid dienone is 1. The lowest BCUT2D eigenvalue weighted by molar-refractivity contribution is 0.651. The van der Waals surface area contributed by atoms with Crippen LogP contribution in [0.25, 0.3) is 0 Å². The number of hydrogen-bond donors (Lipinski definition) is 2. The number of nitrogens with one attached hydrogen (secondary N) is 1. The first-order valence-electron chi connectivity index (χ1n) is 4.93. The number of nitrogens with zero attached hydrogens (tertiary/aromatic N) is 2. The van der Waals surface area contributed by atoms with Gasteiger partial charge in [0, 0.05) is 12.6 Å². The maximum Gasteiger partial charge on any atom is 0.287 e. The Labute approximate surface area is 98.9 Å². The molecular weight excluding hydrogens is 228 g/mol. The maximum absolute atomic E-state index is 11.7. The van der Waals surface area contributed by atoms with Gasteiger partial charge in [0.05, 0.1) is 18.4 Å². The largest absolute Gasteiger partial charge is 0.379 e. The van der Waals surface area contributed by atoms with Gasteiger partial charge in [-0.15, -0.1) is 6.58 Å². The Balaban J connectivity index is 3.02. The Bertz CT molecular complexity index is 429. The van der Waals surface area contributed by atoms with Gasteiger partial charge >= 0.3 is 0 Å². The van der Waals surface area contributed by atoms with Gasteiger partial charge in [0.25, 0.3) is 5.56 Å². The fraction of sp³-hybridized carbons (Fsp3) is 0.400. The Hall–Kier alpha value is -1.33. The zero-order valence-corrected chi connectivity index (χ0v) is 9.87. The van der Waals surface area contributed by atoms with E-state index in [9.17, 15) is 4.79 Å². The predicted octanol–water partition coefficient (Wildman–Crippen LogP) is 0.842. The van der Waals surface area contributed by atoms with Gasteiger partial charge in [-0.25, -0.2) is 4.68 Å². The molecule has 1 aromatic heterocycles. The fourth-order valence-corrected chi connectivity index (χ4v) is 1.34. The second-order valence-corrected chi connectivity index (χ2v) is 3.81. The zero-order chi connectivity index (χ0) is 12.1. The van der Waals surface area contributed by atoms with Crippen LogP contribution in [0.3, 0.4) is 0 Å². The van der Waals surface area contributed by atoms with Crippen molar-refractivity contribution in [3.05, 3.63) is 34.2 Å². The highest BCUT2D eigenvalue weighted by Gasteiger charge is 2.09. The van der Waals surface area contributed by atoms with Crippen LogP contribution in [0.1, 0.15) is 6.92 Å². The van der Waals surface area contributed by atoms with E-state index in [2.05, 4.69) is 17.0 Å².